The average Bonchev–Trinajstić information content (AvgIpc) is 3.20. The number of rotatable bonds is 4. The zero-order chi connectivity index (χ0) is 21.5. The van der Waals surface area contributed by atoms with Crippen LogP contribution in [0.4, 0.5) is 0 Å². The fraction of sp³-hybridized carbons (Fsp3) is 0.238. The summed E-state index contributed by atoms with van der Waals surface area (Å²) in [5.74, 6) is -0.660. The van der Waals surface area contributed by atoms with Crippen molar-refractivity contribution < 1.29 is 18.6 Å². The van der Waals surface area contributed by atoms with E-state index in [0.29, 0.717) is 19.4 Å². The van der Waals surface area contributed by atoms with Gasteiger partial charge in [-0.05, 0) is 54.6 Å². The maximum absolute atomic E-state index is 13.2. The van der Waals surface area contributed by atoms with Crippen molar-refractivity contribution in [2.45, 2.75) is 30.7 Å². The topological polar surface area (TPSA) is 104 Å². The smallest absolute Gasteiger partial charge is 0.247 e. The average molecular weight is 446 g/mol. The van der Waals surface area contributed by atoms with E-state index in [9.17, 15) is 18.6 Å². The summed E-state index contributed by atoms with van der Waals surface area (Å²) >= 11 is 5.92. The van der Waals surface area contributed by atoms with Gasteiger partial charge in [0.25, 0.3) is 0 Å². The van der Waals surface area contributed by atoms with Crippen LogP contribution in [0.5, 0.6) is 11.5 Å². The van der Waals surface area contributed by atoms with Crippen LogP contribution in [0.25, 0.3) is 11.3 Å². The Morgan fingerprint density at radius 2 is 1.87 bits per heavy atom. The van der Waals surface area contributed by atoms with Crippen LogP contribution in [0, 0.1) is 6.92 Å². The Morgan fingerprint density at radius 1 is 1.13 bits per heavy atom. The van der Waals surface area contributed by atoms with Crippen molar-refractivity contribution in [1.82, 2.24) is 14.3 Å². The van der Waals surface area contributed by atoms with Crippen molar-refractivity contribution in [3.8, 4) is 22.8 Å². The quantitative estimate of drug-likeness (QED) is 0.587. The number of hydrogen-bond acceptors (Lipinski definition) is 6. The van der Waals surface area contributed by atoms with E-state index in [4.69, 9.17) is 11.6 Å². The maximum atomic E-state index is 13.2. The normalized spacial score (nSPS) is 17.3. The summed E-state index contributed by atoms with van der Waals surface area (Å²) in [5.41, 5.74) is 3.34. The van der Waals surface area contributed by atoms with Crippen molar-refractivity contribution in [3.05, 3.63) is 65.1 Å². The van der Waals surface area contributed by atoms with E-state index in [-0.39, 0.29) is 22.0 Å². The standard InChI is InChI=1S/C21H20ClN3O4S/c1-13-12-23-21(22)24-20(13)15-6-4-14(5-7-15)17-3-2-10-25(17)30(28,29)19-9-8-16(26)11-18(19)27/h4-9,11-12,17,26-27H,2-3,10H2,1H3. The van der Waals surface area contributed by atoms with Gasteiger partial charge in [0.1, 0.15) is 16.4 Å². The van der Waals surface area contributed by atoms with Gasteiger partial charge in [0.2, 0.25) is 15.3 Å². The van der Waals surface area contributed by atoms with Crippen LogP contribution in [-0.2, 0) is 10.0 Å². The number of sulfonamides is 1. The Bertz CT molecular complexity index is 1200. The van der Waals surface area contributed by atoms with Gasteiger partial charge in [-0.1, -0.05) is 24.3 Å². The van der Waals surface area contributed by atoms with Gasteiger partial charge in [-0.15, -0.1) is 0 Å². The number of phenolic OH excluding ortho intramolecular Hbond substituents is 2. The molecule has 1 fully saturated rings. The molecule has 1 saturated heterocycles. The summed E-state index contributed by atoms with van der Waals surface area (Å²) in [6, 6.07) is 10.7. The third-order valence-corrected chi connectivity index (χ3v) is 7.38. The minimum Gasteiger partial charge on any atom is -0.508 e. The minimum atomic E-state index is -3.92. The SMILES string of the molecule is Cc1cnc(Cl)nc1-c1ccc(C2CCCN2S(=O)(=O)c2ccc(O)cc2O)cc1. The number of aromatic hydroxyl groups is 2. The molecule has 0 bridgehead atoms. The zero-order valence-corrected chi connectivity index (χ0v) is 17.7. The van der Waals surface area contributed by atoms with Gasteiger partial charge in [0.15, 0.2) is 0 Å². The summed E-state index contributed by atoms with van der Waals surface area (Å²) in [6.07, 6.45) is 3.05. The molecule has 9 heteroatoms. The molecule has 2 N–H and O–H groups in total. The van der Waals surface area contributed by atoms with Gasteiger partial charge in [0.05, 0.1) is 11.7 Å². The molecule has 0 spiro atoms. The van der Waals surface area contributed by atoms with Crippen LogP contribution >= 0.6 is 11.6 Å². The summed E-state index contributed by atoms with van der Waals surface area (Å²) < 4.78 is 27.8. The van der Waals surface area contributed by atoms with E-state index in [1.54, 1.807) is 6.20 Å². The molecule has 2 heterocycles. The Labute approximate surface area is 179 Å². The molecule has 30 heavy (non-hydrogen) atoms. The number of nitrogens with zero attached hydrogens (tertiary/aromatic N) is 3. The number of aryl methyl sites for hydroxylation is 1. The number of benzene rings is 2. The molecule has 0 radical (unpaired) electrons. The number of aromatic nitrogens is 2. The summed E-state index contributed by atoms with van der Waals surface area (Å²) in [4.78, 5) is 8.04. The van der Waals surface area contributed by atoms with Gasteiger partial charge in [-0.2, -0.15) is 4.31 Å². The van der Waals surface area contributed by atoms with E-state index < -0.39 is 15.8 Å². The molecule has 1 aliphatic rings. The van der Waals surface area contributed by atoms with Crippen molar-refractivity contribution in [3.63, 3.8) is 0 Å². The lowest BCUT2D eigenvalue weighted by molar-refractivity contribution is 0.390. The minimum absolute atomic E-state index is 0.168. The Balaban J connectivity index is 1.66. The fourth-order valence-corrected chi connectivity index (χ4v) is 5.67. The van der Waals surface area contributed by atoms with Crippen LogP contribution in [0.2, 0.25) is 5.28 Å². The molecule has 4 rings (SSSR count). The highest BCUT2D eigenvalue weighted by atomic mass is 35.5. The first-order valence-corrected chi connectivity index (χ1v) is 11.2. The van der Waals surface area contributed by atoms with Gasteiger partial charge >= 0.3 is 0 Å². The van der Waals surface area contributed by atoms with Crippen LogP contribution in [-0.4, -0.2) is 39.4 Å². The van der Waals surface area contributed by atoms with Crippen molar-refractivity contribution in [1.29, 1.82) is 0 Å². The molecule has 1 aromatic heterocycles. The van der Waals surface area contributed by atoms with E-state index in [1.165, 1.54) is 16.4 Å². The van der Waals surface area contributed by atoms with Crippen LogP contribution in [0.15, 0.2) is 53.6 Å². The molecule has 0 saturated carbocycles. The number of phenols is 2. The third kappa shape index (κ3) is 3.74. The van der Waals surface area contributed by atoms with Crippen LogP contribution in [0.3, 0.4) is 0 Å². The second-order valence-corrected chi connectivity index (χ2v) is 9.42. The highest BCUT2D eigenvalue weighted by Crippen LogP contribution is 2.39. The van der Waals surface area contributed by atoms with E-state index >= 15 is 0 Å². The monoisotopic (exact) mass is 445 g/mol. The van der Waals surface area contributed by atoms with Crippen LogP contribution in [0.1, 0.15) is 30.0 Å². The second-order valence-electron chi connectivity index (χ2n) is 7.22. The molecule has 3 aromatic rings. The lowest BCUT2D eigenvalue weighted by Gasteiger charge is -2.25. The van der Waals surface area contributed by atoms with E-state index in [2.05, 4.69) is 9.97 Å². The molecule has 7 nitrogen and oxygen atoms in total. The molecular formula is C21H20ClN3O4S. The number of halogens is 1. The largest absolute Gasteiger partial charge is 0.508 e. The Morgan fingerprint density at radius 3 is 2.57 bits per heavy atom. The fourth-order valence-electron chi connectivity index (χ4n) is 3.79. The van der Waals surface area contributed by atoms with Gasteiger partial charge < -0.3 is 10.2 Å². The number of hydrogen-bond donors (Lipinski definition) is 2. The zero-order valence-electron chi connectivity index (χ0n) is 16.2. The molecule has 1 aliphatic heterocycles. The first kappa shape index (κ1) is 20.6. The highest BCUT2D eigenvalue weighted by molar-refractivity contribution is 7.89. The summed E-state index contributed by atoms with van der Waals surface area (Å²) in [6.45, 7) is 2.25. The maximum Gasteiger partial charge on any atom is 0.247 e. The molecule has 1 atom stereocenters. The van der Waals surface area contributed by atoms with Crippen LogP contribution < -0.4 is 0 Å². The third-order valence-electron chi connectivity index (χ3n) is 5.24. The van der Waals surface area contributed by atoms with Gasteiger partial charge in [-0.3, -0.25) is 0 Å². The van der Waals surface area contributed by atoms with Gasteiger partial charge in [-0.25, -0.2) is 18.4 Å². The second kappa shape index (κ2) is 7.86. The molecule has 1 unspecified atom stereocenters. The van der Waals surface area contributed by atoms with E-state index in [0.717, 1.165) is 28.5 Å². The first-order chi connectivity index (χ1) is 14.3. The van der Waals surface area contributed by atoms with E-state index in [1.807, 2.05) is 31.2 Å². The summed E-state index contributed by atoms with van der Waals surface area (Å²) in [5, 5.41) is 19.7. The lowest BCUT2D eigenvalue weighted by atomic mass is 10.0. The lowest BCUT2D eigenvalue weighted by Crippen LogP contribution is -2.30. The predicted octanol–water partition coefficient (Wildman–Crippen LogP) is 4.04. The molecule has 0 aliphatic carbocycles. The van der Waals surface area contributed by atoms with Crippen molar-refractivity contribution in [2.75, 3.05) is 6.54 Å². The first-order valence-electron chi connectivity index (χ1n) is 9.40. The summed E-state index contributed by atoms with van der Waals surface area (Å²) in [7, 11) is -3.92. The highest BCUT2D eigenvalue weighted by Gasteiger charge is 2.37. The van der Waals surface area contributed by atoms with Crippen molar-refractivity contribution in [2.24, 2.45) is 0 Å². The molecule has 2 aromatic carbocycles. The molecular weight excluding hydrogens is 426 g/mol. The molecule has 0 amide bonds. The Kier molecular flexibility index (Phi) is 5.40. The van der Waals surface area contributed by atoms with Gasteiger partial charge in [0, 0.05) is 24.4 Å². The molecule has 156 valence electrons. The Hall–Kier alpha value is -2.68. The van der Waals surface area contributed by atoms with Crippen molar-refractivity contribution >= 4 is 21.6 Å². The predicted molar refractivity (Wildman–Crippen MR) is 113 cm³/mol.